The highest BCUT2D eigenvalue weighted by atomic mass is 32.2. The van der Waals surface area contributed by atoms with Gasteiger partial charge < -0.3 is 40.2 Å². The largest absolute Gasteiger partial charge is 0.459 e. The van der Waals surface area contributed by atoms with Gasteiger partial charge in [0.05, 0.1) is 0 Å². The molecule has 0 unspecified atom stereocenters. The zero-order valence-electron chi connectivity index (χ0n) is 42.4. The van der Waals surface area contributed by atoms with Crippen molar-refractivity contribution in [3.63, 3.8) is 0 Å². The summed E-state index contributed by atoms with van der Waals surface area (Å²) >= 11 is 1.06. The molecule has 16 heteroatoms. The number of esters is 3. The molecule has 0 fully saturated rings. The second kappa shape index (κ2) is 35.4. The van der Waals surface area contributed by atoms with E-state index in [-0.39, 0.29) is 63.1 Å². The highest BCUT2D eigenvalue weighted by Gasteiger charge is 2.30. The van der Waals surface area contributed by atoms with Gasteiger partial charge in [-0.05, 0) is 42.0 Å². The van der Waals surface area contributed by atoms with Crippen molar-refractivity contribution in [2.24, 2.45) is 0 Å². The summed E-state index contributed by atoms with van der Waals surface area (Å²) in [6, 6.07) is 31.3. The summed E-state index contributed by atoms with van der Waals surface area (Å²) in [5, 5.41) is 10.7. The third kappa shape index (κ3) is 25.5. The normalized spacial score (nSPS) is 12.5. The Labute approximate surface area is 435 Å². The standard InChI is InChI=1S/C57H74N4O11S/c1-3-4-5-6-7-8-9-10-11-12-25-34-51(62)59-48(55(66)70-38-45-28-19-14-20-29-45)35-36-52(63)60-49(53(64)58-43(2)54(65)69-37-44-26-17-13-18-27-44)41-73-42-50(56(67)71-39-46-30-21-15-22-31-46)61-57(68)72-40-47-32-23-16-24-33-47/h13-24,26-33,43,48-50H,3-12,25,34-42H2,1-2H3,(H,58,64)(H,59,62)(H,60,63)(H,61,68)/t43-,48-,49-,50+/m1/s1. The lowest BCUT2D eigenvalue weighted by molar-refractivity contribution is -0.149. The molecule has 394 valence electrons. The highest BCUT2D eigenvalue weighted by molar-refractivity contribution is 7.99. The summed E-state index contributed by atoms with van der Waals surface area (Å²) in [6.45, 7) is 3.48. The molecule has 4 atom stereocenters. The molecule has 0 aliphatic rings. The van der Waals surface area contributed by atoms with Gasteiger partial charge in [-0.3, -0.25) is 14.4 Å². The van der Waals surface area contributed by atoms with Crippen LogP contribution >= 0.6 is 11.8 Å². The number of benzene rings is 4. The Bertz CT molecular complexity index is 2240. The second-order valence-electron chi connectivity index (χ2n) is 17.9. The van der Waals surface area contributed by atoms with Crippen LogP contribution in [0.5, 0.6) is 0 Å². The topological polar surface area (TPSA) is 205 Å². The molecule has 4 rings (SSSR count). The van der Waals surface area contributed by atoms with Crippen LogP contribution in [0.2, 0.25) is 0 Å². The van der Waals surface area contributed by atoms with Gasteiger partial charge >= 0.3 is 24.0 Å². The van der Waals surface area contributed by atoms with Crippen molar-refractivity contribution >= 4 is 53.5 Å². The van der Waals surface area contributed by atoms with Crippen LogP contribution < -0.4 is 21.3 Å². The number of unbranched alkanes of at least 4 members (excludes halogenated alkanes) is 10. The molecule has 4 N–H and O–H groups in total. The van der Waals surface area contributed by atoms with Gasteiger partial charge in [-0.2, -0.15) is 11.8 Å². The van der Waals surface area contributed by atoms with Crippen LogP contribution in [0.3, 0.4) is 0 Å². The Morgan fingerprint density at radius 2 is 0.808 bits per heavy atom. The molecule has 0 heterocycles. The molecule has 4 aromatic rings. The zero-order valence-corrected chi connectivity index (χ0v) is 43.2. The van der Waals surface area contributed by atoms with Crippen LogP contribution in [0.25, 0.3) is 0 Å². The van der Waals surface area contributed by atoms with E-state index in [1.807, 2.05) is 36.4 Å². The predicted molar refractivity (Wildman–Crippen MR) is 281 cm³/mol. The van der Waals surface area contributed by atoms with Crippen molar-refractivity contribution < 1.29 is 52.5 Å². The van der Waals surface area contributed by atoms with Gasteiger partial charge in [0.1, 0.15) is 50.6 Å². The van der Waals surface area contributed by atoms with Crippen molar-refractivity contribution in [2.75, 3.05) is 11.5 Å². The maximum absolute atomic E-state index is 13.9. The van der Waals surface area contributed by atoms with E-state index in [0.717, 1.165) is 53.3 Å². The molecule has 4 aromatic carbocycles. The number of rotatable bonds is 35. The number of thioether (sulfide) groups is 1. The first kappa shape index (κ1) is 58.9. The molecule has 15 nitrogen and oxygen atoms in total. The highest BCUT2D eigenvalue weighted by Crippen LogP contribution is 2.15. The van der Waals surface area contributed by atoms with Crippen molar-refractivity contribution in [1.82, 2.24) is 21.3 Å². The number of amides is 4. The van der Waals surface area contributed by atoms with Crippen LogP contribution in [0.1, 0.15) is 126 Å². The van der Waals surface area contributed by atoms with E-state index in [1.165, 1.54) is 51.9 Å². The van der Waals surface area contributed by atoms with Crippen LogP contribution in [-0.2, 0) is 74.1 Å². The average molecular weight is 1020 g/mol. The van der Waals surface area contributed by atoms with E-state index in [1.54, 1.807) is 84.9 Å². The molecule has 73 heavy (non-hydrogen) atoms. The summed E-state index contributed by atoms with van der Waals surface area (Å²) in [5.74, 6) is -4.14. The number of carbonyl (C=O) groups excluding carboxylic acids is 7. The minimum atomic E-state index is -1.29. The third-order valence-electron chi connectivity index (χ3n) is 11.7. The molecule has 0 bridgehead atoms. The minimum Gasteiger partial charge on any atom is -0.459 e. The number of ether oxygens (including phenoxy) is 4. The lowest BCUT2D eigenvalue weighted by atomic mass is 10.0. The van der Waals surface area contributed by atoms with E-state index >= 15 is 0 Å². The fourth-order valence-electron chi connectivity index (χ4n) is 7.45. The monoisotopic (exact) mass is 1020 g/mol. The second-order valence-corrected chi connectivity index (χ2v) is 18.9. The predicted octanol–water partition coefficient (Wildman–Crippen LogP) is 9.20. The first-order valence-corrected chi connectivity index (χ1v) is 26.7. The van der Waals surface area contributed by atoms with Gasteiger partial charge in [-0.15, -0.1) is 0 Å². The SMILES string of the molecule is CCCCCCCCCCCCCC(=O)N[C@H](CCC(=O)N[C@H](CSC[C@H](NC(=O)OCc1ccccc1)C(=O)OCc1ccccc1)C(=O)N[C@H](C)C(=O)OCc1ccccc1)C(=O)OCc1ccccc1. The van der Waals surface area contributed by atoms with E-state index in [4.69, 9.17) is 18.9 Å². The summed E-state index contributed by atoms with van der Waals surface area (Å²) in [4.78, 5) is 93.9. The number of nitrogens with one attached hydrogen (secondary N) is 4. The van der Waals surface area contributed by atoms with Gasteiger partial charge in [0.2, 0.25) is 17.7 Å². The fourth-order valence-corrected chi connectivity index (χ4v) is 8.52. The van der Waals surface area contributed by atoms with E-state index in [2.05, 4.69) is 28.2 Å². The molecule has 0 aromatic heterocycles. The van der Waals surface area contributed by atoms with Gasteiger partial charge in [-0.25, -0.2) is 19.2 Å². The van der Waals surface area contributed by atoms with Crippen LogP contribution in [0.15, 0.2) is 121 Å². The summed E-state index contributed by atoms with van der Waals surface area (Å²) in [7, 11) is 0. The van der Waals surface area contributed by atoms with E-state index < -0.39 is 60.0 Å². The molecule has 0 saturated heterocycles. The smallest absolute Gasteiger partial charge is 0.408 e. The summed E-state index contributed by atoms with van der Waals surface area (Å²) in [6.07, 6.45) is 11.3. The molecule has 0 aliphatic heterocycles. The van der Waals surface area contributed by atoms with Crippen molar-refractivity contribution in [3.8, 4) is 0 Å². The Kier molecular flexibility index (Phi) is 28.6. The van der Waals surface area contributed by atoms with Gasteiger partial charge in [-0.1, -0.05) is 192 Å². The van der Waals surface area contributed by atoms with E-state index in [0.29, 0.717) is 6.42 Å². The Morgan fingerprint density at radius 3 is 1.29 bits per heavy atom. The Hall–Kier alpha value is -6.68. The van der Waals surface area contributed by atoms with Crippen LogP contribution in [-0.4, -0.2) is 77.4 Å². The fraction of sp³-hybridized carbons (Fsp3) is 0.456. The third-order valence-corrected chi connectivity index (χ3v) is 12.8. The maximum atomic E-state index is 13.9. The van der Waals surface area contributed by atoms with Crippen LogP contribution in [0.4, 0.5) is 4.79 Å². The quantitative estimate of drug-likeness (QED) is 0.0194. The van der Waals surface area contributed by atoms with Crippen molar-refractivity contribution in [3.05, 3.63) is 144 Å². The minimum absolute atomic E-state index is 0.0246. The maximum Gasteiger partial charge on any atom is 0.408 e. The lowest BCUT2D eigenvalue weighted by Gasteiger charge is -2.23. The van der Waals surface area contributed by atoms with Gasteiger partial charge in [0.15, 0.2) is 0 Å². The number of hydrogen-bond donors (Lipinski definition) is 4. The molecule has 0 spiro atoms. The number of carbonyl (C=O) groups is 7. The Morgan fingerprint density at radius 1 is 0.425 bits per heavy atom. The first-order chi connectivity index (χ1) is 35.5. The van der Waals surface area contributed by atoms with Crippen molar-refractivity contribution in [1.29, 1.82) is 0 Å². The average Bonchev–Trinajstić information content (AvgIpc) is 3.41. The molecule has 0 saturated carbocycles. The molecular formula is C57H74N4O11S. The van der Waals surface area contributed by atoms with Crippen molar-refractivity contribution in [2.45, 2.75) is 154 Å². The van der Waals surface area contributed by atoms with Gasteiger partial charge in [0, 0.05) is 24.3 Å². The van der Waals surface area contributed by atoms with Crippen LogP contribution in [0, 0.1) is 0 Å². The molecule has 0 aliphatic carbocycles. The molecular weight excluding hydrogens is 949 g/mol. The molecule has 0 radical (unpaired) electrons. The first-order valence-electron chi connectivity index (χ1n) is 25.6. The summed E-state index contributed by atoms with van der Waals surface area (Å²) < 4.78 is 22.0. The van der Waals surface area contributed by atoms with E-state index in [9.17, 15) is 33.6 Å². The number of hydrogen-bond acceptors (Lipinski definition) is 12. The summed E-state index contributed by atoms with van der Waals surface area (Å²) in [5.41, 5.74) is 2.95. The molecule has 4 amide bonds. The zero-order chi connectivity index (χ0) is 52.3. The number of alkyl carbamates (subject to hydrolysis) is 1. The van der Waals surface area contributed by atoms with Gasteiger partial charge in [0.25, 0.3) is 0 Å². The Balaban J connectivity index is 1.41. The lowest BCUT2D eigenvalue weighted by Crippen LogP contribution is -2.52.